The van der Waals surface area contributed by atoms with Crippen LogP contribution in [0.15, 0.2) is 35.6 Å². The van der Waals surface area contributed by atoms with Gasteiger partial charge in [0, 0.05) is 36.0 Å². The summed E-state index contributed by atoms with van der Waals surface area (Å²) in [6.07, 6.45) is 5.17. The van der Waals surface area contributed by atoms with E-state index in [0.717, 1.165) is 11.1 Å². The number of aromatic nitrogens is 5. The molecule has 10 nitrogen and oxygen atoms in total. The van der Waals surface area contributed by atoms with Gasteiger partial charge in [-0.3, -0.25) is 9.40 Å². The van der Waals surface area contributed by atoms with E-state index in [-0.39, 0.29) is 30.1 Å². The third-order valence-electron chi connectivity index (χ3n) is 4.66. The zero-order valence-corrected chi connectivity index (χ0v) is 19.5. The molecule has 174 valence electrons. The molecule has 0 saturated carbocycles. The molecule has 3 aromatic heterocycles. The Labute approximate surface area is 195 Å². The van der Waals surface area contributed by atoms with Crippen molar-refractivity contribution in [2.24, 2.45) is 7.05 Å². The SMILES string of the molecule is COc1nc(NS(=O)c2c[nH]c3c(-c4cnn(C)c4)c(Cl)ccc23)nc(OC)c1OCCF. The molecule has 1 aromatic carbocycles. The minimum atomic E-state index is -1.76. The maximum absolute atomic E-state index is 13.2. The third kappa shape index (κ3) is 4.44. The van der Waals surface area contributed by atoms with E-state index in [0.29, 0.717) is 20.8 Å². The van der Waals surface area contributed by atoms with Gasteiger partial charge in [-0.2, -0.15) is 15.1 Å². The summed E-state index contributed by atoms with van der Waals surface area (Å²) < 4.78 is 45.8. The monoisotopic (exact) mass is 494 g/mol. The summed E-state index contributed by atoms with van der Waals surface area (Å²) in [6, 6.07) is 3.51. The molecular formula is C20H20ClFN6O4S. The topological polar surface area (TPSA) is 116 Å². The lowest BCUT2D eigenvalue weighted by Crippen LogP contribution is -2.11. The van der Waals surface area contributed by atoms with Crippen LogP contribution in [-0.4, -0.2) is 56.4 Å². The number of ether oxygens (including phenoxy) is 3. The zero-order chi connectivity index (χ0) is 23.5. The van der Waals surface area contributed by atoms with Crippen molar-refractivity contribution in [1.29, 1.82) is 0 Å². The molecule has 4 rings (SSSR count). The molecule has 0 saturated heterocycles. The van der Waals surface area contributed by atoms with Crippen molar-refractivity contribution in [3.63, 3.8) is 0 Å². The van der Waals surface area contributed by atoms with Gasteiger partial charge in [-0.05, 0) is 6.07 Å². The fourth-order valence-electron chi connectivity index (χ4n) is 3.27. The molecule has 0 aliphatic rings. The van der Waals surface area contributed by atoms with Crippen molar-refractivity contribution in [2.45, 2.75) is 4.90 Å². The number of aryl methyl sites for hydroxylation is 1. The van der Waals surface area contributed by atoms with E-state index in [9.17, 15) is 8.60 Å². The molecule has 13 heteroatoms. The summed E-state index contributed by atoms with van der Waals surface area (Å²) in [5.74, 6) is 0.0565. The minimum absolute atomic E-state index is 0.0133. The second-order valence-electron chi connectivity index (χ2n) is 6.70. The second-order valence-corrected chi connectivity index (χ2v) is 8.29. The van der Waals surface area contributed by atoms with Gasteiger partial charge < -0.3 is 19.2 Å². The number of benzene rings is 1. The number of alkyl halides is 1. The van der Waals surface area contributed by atoms with Crippen molar-refractivity contribution < 1.29 is 22.8 Å². The maximum atomic E-state index is 13.2. The van der Waals surface area contributed by atoms with E-state index in [2.05, 4.69) is 24.8 Å². The van der Waals surface area contributed by atoms with E-state index in [1.165, 1.54) is 14.2 Å². The molecule has 0 bridgehead atoms. The quantitative estimate of drug-likeness (QED) is 0.365. The van der Waals surface area contributed by atoms with Crippen molar-refractivity contribution in [3.05, 3.63) is 35.7 Å². The van der Waals surface area contributed by atoms with Gasteiger partial charge in [0.05, 0.1) is 35.9 Å². The Morgan fingerprint density at radius 2 is 1.97 bits per heavy atom. The van der Waals surface area contributed by atoms with E-state index in [1.807, 2.05) is 13.2 Å². The van der Waals surface area contributed by atoms with Crippen LogP contribution in [0.4, 0.5) is 10.3 Å². The number of anilines is 1. The van der Waals surface area contributed by atoms with Crippen molar-refractivity contribution in [3.8, 4) is 28.6 Å². The lowest BCUT2D eigenvalue weighted by molar-refractivity contribution is 0.240. The van der Waals surface area contributed by atoms with E-state index < -0.39 is 17.7 Å². The lowest BCUT2D eigenvalue weighted by atomic mass is 10.1. The largest absolute Gasteiger partial charge is 0.481 e. The first-order valence-electron chi connectivity index (χ1n) is 9.62. The number of hydrogen-bond acceptors (Lipinski definition) is 7. The molecule has 33 heavy (non-hydrogen) atoms. The standard InChI is InChI=1S/C20H20ClFN6O4S/c1-28-10-11(8-24-28)15-13(21)5-4-12-14(9-23-16(12)15)33(29)27-20-25-18(30-2)17(32-7-6-22)19(26-20)31-3/h4-5,8-10,23H,6-7H2,1-3H3,(H,25,26,27). The van der Waals surface area contributed by atoms with Crippen LogP contribution in [0, 0.1) is 0 Å². The first-order valence-corrected chi connectivity index (χ1v) is 11.1. The van der Waals surface area contributed by atoms with Crippen LogP contribution in [0.1, 0.15) is 0 Å². The molecule has 0 amide bonds. The molecule has 1 unspecified atom stereocenters. The van der Waals surface area contributed by atoms with Gasteiger partial charge in [0.2, 0.25) is 11.7 Å². The van der Waals surface area contributed by atoms with Crippen molar-refractivity contribution in [1.82, 2.24) is 24.7 Å². The van der Waals surface area contributed by atoms with Crippen LogP contribution in [-0.2, 0) is 18.0 Å². The summed E-state index contributed by atoms with van der Waals surface area (Å²) in [6.45, 7) is -0.923. The Morgan fingerprint density at radius 1 is 1.24 bits per heavy atom. The molecule has 4 aromatic rings. The smallest absolute Gasteiger partial charge is 0.265 e. The summed E-state index contributed by atoms with van der Waals surface area (Å²) >= 11 is 6.45. The predicted octanol–water partition coefficient (Wildman–Crippen LogP) is 3.51. The molecule has 0 radical (unpaired) electrons. The van der Waals surface area contributed by atoms with Gasteiger partial charge in [-0.1, -0.05) is 17.7 Å². The second kappa shape index (κ2) is 9.63. The number of nitrogens with one attached hydrogen (secondary N) is 2. The number of rotatable bonds is 9. The van der Waals surface area contributed by atoms with Crippen molar-refractivity contribution in [2.75, 3.05) is 32.2 Å². The summed E-state index contributed by atoms with van der Waals surface area (Å²) in [5.41, 5.74) is 2.29. The third-order valence-corrected chi connectivity index (χ3v) is 6.08. The van der Waals surface area contributed by atoms with Crippen LogP contribution in [0.5, 0.6) is 17.5 Å². The highest BCUT2D eigenvalue weighted by molar-refractivity contribution is 7.86. The van der Waals surface area contributed by atoms with Crippen LogP contribution >= 0.6 is 11.6 Å². The Morgan fingerprint density at radius 3 is 2.58 bits per heavy atom. The van der Waals surface area contributed by atoms with Gasteiger partial charge >= 0.3 is 0 Å². The molecule has 0 spiro atoms. The van der Waals surface area contributed by atoms with Crippen LogP contribution < -0.4 is 18.9 Å². The average Bonchev–Trinajstić information content (AvgIpc) is 3.43. The molecule has 0 aliphatic carbocycles. The van der Waals surface area contributed by atoms with Crippen molar-refractivity contribution >= 4 is 39.4 Å². The van der Waals surface area contributed by atoms with Gasteiger partial charge in [-0.25, -0.2) is 8.60 Å². The summed E-state index contributed by atoms with van der Waals surface area (Å²) in [4.78, 5) is 11.9. The molecule has 2 N–H and O–H groups in total. The van der Waals surface area contributed by atoms with E-state index >= 15 is 0 Å². The normalized spacial score (nSPS) is 12.0. The highest BCUT2D eigenvalue weighted by Gasteiger charge is 2.21. The van der Waals surface area contributed by atoms with Gasteiger partial charge in [-0.15, -0.1) is 0 Å². The molecule has 0 fully saturated rings. The number of H-pyrrole nitrogens is 1. The Hall–Kier alpha value is -3.38. The molecular weight excluding hydrogens is 475 g/mol. The lowest BCUT2D eigenvalue weighted by Gasteiger charge is -2.13. The number of methoxy groups -OCH3 is 2. The predicted molar refractivity (Wildman–Crippen MR) is 122 cm³/mol. The van der Waals surface area contributed by atoms with Crippen LogP contribution in [0.2, 0.25) is 5.02 Å². The first kappa shape index (κ1) is 22.8. The Kier molecular flexibility index (Phi) is 6.65. The number of nitrogens with zero attached hydrogens (tertiary/aromatic N) is 4. The highest BCUT2D eigenvalue weighted by atomic mass is 35.5. The fourth-order valence-corrected chi connectivity index (χ4v) is 4.44. The molecule has 1 atom stereocenters. The Bertz CT molecular complexity index is 1300. The summed E-state index contributed by atoms with van der Waals surface area (Å²) in [5, 5.41) is 5.43. The molecule has 0 aliphatic heterocycles. The van der Waals surface area contributed by atoms with Gasteiger partial charge in [0.15, 0.2) is 11.0 Å². The van der Waals surface area contributed by atoms with E-state index in [4.69, 9.17) is 25.8 Å². The van der Waals surface area contributed by atoms with E-state index in [1.54, 1.807) is 29.2 Å². The average molecular weight is 495 g/mol. The first-order chi connectivity index (χ1) is 16.0. The fraction of sp³-hybridized carbons (Fsp3) is 0.250. The van der Waals surface area contributed by atoms with Gasteiger partial charge in [0.25, 0.3) is 11.8 Å². The van der Waals surface area contributed by atoms with Gasteiger partial charge in [0.1, 0.15) is 13.3 Å². The number of fused-ring (bicyclic) bond motifs is 1. The minimum Gasteiger partial charge on any atom is -0.481 e. The van der Waals surface area contributed by atoms with Crippen LogP contribution in [0.3, 0.4) is 0 Å². The maximum Gasteiger partial charge on any atom is 0.265 e. The summed E-state index contributed by atoms with van der Waals surface area (Å²) in [7, 11) is 2.79. The number of hydrogen-bond donors (Lipinski definition) is 2. The zero-order valence-electron chi connectivity index (χ0n) is 17.9. The Balaban J connectivity index is 1.69. The number of halogens is 2. The van der Waals surface area contributed by atoms with Crippen LogP contribution in [0.25, 0.3) is 22.0 Å². The highest BCUT2D eigenvalue weighted by Crippen LogP contribution is 2.38. The number of aromatic amines is 1. The molecule has 3 heterocycles.